The van der Waals surface area contributed by atoms with E-state index in [-0.39, 0.29) is 31.3 Å². The van der Waals surface area contributed by atoms with E-state index in [1.54, 1.807) is 6.92 Å². The zero-order valence-electron chi connectivity index (χ0n) is 11.0. The third-order valence-electron chi connectivity index (χ3n) is 3.38. The molecule has 5 nitrogen and oxygen atoms in total. The van der Waals surface area contributed by atoms with E-state index in [0.717, 1.165) is 32.1 Å². The van der Waals surface area contributed by atoms with Gasteiger partial charge in [-0.15, -0.1) is 0 Å². The highest BCUT2D eigenvalue weighted by molar-refractivity contribution is 5.81. The fourth-order valence-corrected chi connectivity index (χ4v) is 2.36. The Bertz CT molecular complexity index is 285. The lowest BCUT2D eigenvalue weighted by Crippen LogP contribution is -2.52. The molecule has 18 heavy (non-hydrogen) atoms. The molecule has 1 fully saturated rings. The molecule has 2 N–H and O–H groups in total. The number of esters is 1. The molecule has 1 aliphatic rings. The molecule has 0 radical (unpaired) electrons. The van der Waals surface area contributed by atoms with Crippen LogP contribution in [0.2, 0.25) is 0 Å². The first-order valence-corrected chi connectivity index (χ1v) is 6.69. The third kappa shape index (κ3) is 4.64. The molecule has 0 spiro atoms. The van der Waals surface area contributed by atoms with E-state index in [2.05, 4.69) is 5.32 Å². The van der Waals surface area contributed by atoms with Crippen LogP contribution >= 0.6 is 0 Å². The van der Waals surface area contributed by atoms with Gasteiger partial charge >= 0.3 is 5.97 Å². The SMILES string of the molecule is CCOC(=O)CCC(=O)NC1(CO)CCCCC1. The first-order chi connectivity index (χ1) is 8.62. The maximum atomic E-state index is 11.8. The summed E-state index contributed by atoms with van der Waals surface area (Å²) in [6.45, 7) is 2.04. The quantitative estimate of drug-likeness (QED) is 0.700. The Hall–Kier alpha value is -1.10. The Morgan fingerprint density at radius 2 is 1.89 bits per heavy atom. The van der Waals surface area contributed by atoms with Crippen molar-refractivity contribution in [1.29, 1.82) is 0 Å². The van der Waals surface area contributed by atoms with Crippen molar-refractivity contribution in [2.24, 2.45) is 0 Å². The van der Waals surface area contributed by atoms with Crippen LogP contribution in [0, 0.1) is 0 Å². The average molecular weight is 257 g/mol. The second-order valence-electron chi connectivity index (χ2n) is 4.85. The fourth-order valence-electron chi connectivity index (χ4n) is 2.36. The summed E-state index contributed by atoms with van der Waals surface area (Å²) in [5.74, 6) is -0.534. The maximum Gasteiger partial charge on any atom is 0.306 e. The van der Waals surface area contributed by atoms with Crippen LogP contribution in [0.5, 0.6) is 0 Å². The van der Waals surface area contributed by atoms with Crippen molar-refractivity contribution in [2.75, 3.05) is 13.2 Å². The second-order valence-corrected chi connectivity index (χ2v) is 4.85. The van der Waals surface area contributed by atoms with Crippen molar-refractivity contribution < 1.29 is 19.4 Å². The van der Waals surface area contributed by atoms with Gasteiger partial charge in [-0.3, -0.25) is 9.59 Å². The molecule has 0 saturated heterocycles. The fraction of sp³-hybridized carbons (Fsp3) is 0.846. The standard InChI is InChI=1S/C13H23NO4/c1-2-18-12(17)7-6-11(16)14-13(10-15)8-4-3-5-9-13/h15H,2-10H2,1H3,(H,14,16). The van der Waals surface area contributed by atoms with Gasteiger partial charge in [-0.2, -0.15) is 0 Å². The van der Waals surface area contributed by atoms with E-state index in [1.165, 1.54) is 0 Å². The molecule has 0 aliphatic heterocycles. The summed E-state index contributed by atoms with van der Waals surface area (Å²) in [7, 11) is 0. The van der Waals surface area contributed by atoms with E-state index >= 15 is 0 Å². The zero-order valence-corrected chi connectivity index (χ0v) is 11.0. The first kappa shape index (κ1) is 15.0. The van der Waals surface area contributed by atoms with Crippen LogP contribution in [0.15, 0.2) is 0 Å². The zero-order chi connectivity index (χ0) is 13.4. The van der Waals surface area contributed by atoms with Crippen LogP contribution in [-0.4, -0.2) is 35.7 Å². The van der Waals surface area contributed by atoms with Gasteiger partial charge in [0.05, 0.1) is 25.2 Å². The Kier molecular flexibility index (Phi) is 6.12. The minimum Gasteiger partial charge on any atom is -0.466 e. The van der Waals surface area contributed by atoms with Crippen molar-refractivity contribution in [2.45, 2.75) is 57.4 Å². The largest absolute Gasteiger partial charge is 0.466 e. The van der Waals surface area contributed by atoms with E-state index in [4.69, 9.17) is 4.74 Å². The van der Waals surface area contributed by atoms with Crippen molar-refractivity contribution in [3.63, 3.8) is 0 Å². The van der Waals surface area contributed by atoms with Crippen molar-refractivity contribution in [1.82, 2.24) is 5.32 Å². The van der Waals surface area contributed by atoms with Gasteiger partial charge in [-0.1, -0.05) is 19.3 Å². The van der Waals surface area contributed by atoms with E-state index in [9.17, 15) is 14.7 Å². The second kappa shape index (κ2) is 7.36. The Morgan fingerprint density at radius 3 is 2.44 bits per heavy atom. The minimum atomic E-state index is -0.468. The molecule has 0 unspecified atom stereocenters. The molecule has 0 heterocycles. The summed E-state index contributed by atoms with van der Waals surface area (Å²) in [6, 6.07) is 0. The molecule has 0 aromatic carbocycles. The van der Waals surface area contributed by atoms with E-state index < -0.39 is 5.54 Å². The lowest BCUT2D eigenvalue weighted by Gasteiger charge is -2.36. The molecular weight excluding hydrogens is 234 g/mol. The van der Waals surface area contributed by atoms with Crippen LogP contribution < -0.4 is 5.32 Å². The summed E-state index contributed by atoms with van der Waals surface area (Å²) < 4.78 is 4.77. The smallest absolute Gasteiger partial charge is 0.306 e. The number of aliphatic hydroxyl groups excluding tert-OH is 1. The van der Waals surface area contributed by atoms with Gasteiger partial charge in [0, 0.05) is 6.42 Å². The van der Waals surface area contributed by atoms with Gasteiger partial charge in [-0.05, 0) is 19.8 Å². The van der Waals surface area contributed by atoms with E-state index in [1.807, 2.05) is 0 Å². The molecule has 1 rings (SSSR count). The van der Waals surface area contributed by atoms with Gasteiger partial charge in [0.1, 0.15) is 0 Å². The van der Waals surface area contributed by atoms with Crippen LogP contribution in [0.3, 0.4) is 0 Å². The van der Waals surface area contributed by atoms with Crippen LogP contribution in [-0.2, 0) is 14.3 Å². The predicted molar refractivity (Wildman–Crippen MR) is 66.9 cm³/mol. The average Bonchev–Trinajstić information content (AvgIpc) is 2.38. The van der Waals surface area contributed by atoms with Crippen LogP contribution in [0.4, 0.5) is 0 Å². The Labute approximate surface area is 108 Å². The monoisotopic (exact) mass is 257 g/mol. The van der Waals surface area contributed by atoms with Crippen LogP contribution in [0.1, 0.15) is 51.9 Å². The number of ether oxygens (including phenoxy) is 1. The topological polar surface area (TPSA) is 75.6 Å². The number of hydrogen-bond donors (Lipinski definition) is 2. The number of nitrogens with one attached hydrogen (secondary N) is 1. The lowest BCUT2D eigenvalue weighted by atomic mass is 9.82. The van der Waals surface area contributed by atoms with Gasteiger partial charge in [0.15, 0.2) is 0 Å². The third-order valence-corrected chi connectivity index (χ3v) is 3.38. The van der Waals surface area contributed by atoms with Gasteiger partial charge < -0.3 is 15.2 Å². The Balaban J connectivity index is 2.35. The molecule has 1 saturated carbocycles. The highest BCUT2D eigenvalue weighted by Gasteiger charge is 2.32. The molecule has 104 valence electrons. The minimum absolute atomic E-state index is 0.0296. The van der Waals surface area contributed by atoms with Crippen LogP contribution in [0.25, 0.3) is 0 Å². The highest BCUT2D eigenvalue weighted by atomic mass is 16.5. The van der Waals surface area contributed by atoms with Crippen molar-refractivity contribution >= 4 is 11.9 Å². The molecule has 0 atom stereocenters. The molecule has 0 aromatic rings. The normalized spacial score (nSPS) is 18.1. The molecule has 5 heteroatoms. The molecule has 1 aliphatic carbocycles. The number of carbonyl (C=O) groups excluding carboxylic acids is 2. The van der Waals surface area contributed by atoms with Gasteiger partial charge in [0.2, 0.25) is 5.91 Å². The predicted octanol–water partition coefficient (Wildman–Crippen LogP) is 1.14. The summed E-state index contributed by atoms with van der Waals surface area (Å²) in [6.07, 6.45) is 5.06. The summed E-state index contributed by atoms with van der Waals surface area (Å²) >= 11 is 0. The number of hydrogen-bond acceptors (Lipinski definition) is 4. The molecule has 0 aromatic heterocycles. The highest BCUT2D eigenvalue weighted by Crippen LogP contribution is 2.27. The summed E-state index contributed by atoms with van der Waals surface area (Å²) in [5.41, 5.74) is -0.468. The number of rotatable bonds is 6. The molecular formula is C13H23NO4. The molecule has 1 amide bonds. The Morgan fingerprint density at radius 1 is 1.22 bits per heavy atom. The van der Waals surface area contributed by atoms with Gasteiger partial charge in [0.25, 0.3) is 0 Å². The number of carbonyl (C=O) groups is 2. The van der Waals surface area contributed by atoms with E-state index in [0.29, 0.717) is 6.61 Å². The number of aliphatic hydroxyl groups is 1. The first-order valence-electron chi connectivity index (χ1n) is 6.69. The summed E-state index contributed by atoms with van der Waals surface area (Å²) in [4.78, 5) is 22.9. The van der Waals surface area contributed by atoms with Crippen molar-refractivity contribution in [3.8, 4) is 0 Å². The summed E-state index contributed by atoms with van der Waals surface area (Å²) in [5, 5.41) is 12.3. The van der Waals surface area contributed by atoms with Gasteiger partial charge in [-0.25, -0.2) is 0 Å². The maximum absolute atomic E-state index is 11.8. The van der Waals surface area contributed by atoms with Crippen molar-refractivity contribution in [3.05, 3.63) is 0 Å². The molecule has 0 bridgehead atoms. The lowest BCUT2D eigenvalue weighted by molar-refractivity contribution is -0.144. The number of amides is 1.